The molecule has 0 atom stereocenters. The van der Waals surface area contributed by atoms with Crippen molar-refractivity contribution in [2.75, 3.05) is 0 Å². The molecular weight excluding hydrogens is 179 g/mol. The summed E-state index contributed by atoms with van der Waals surface area (Å²) in [6, 6.07) is 9.94. The third-order valence-electron chi connectivity index (χ3n) is 2.12. The van der Waals surface area contributed by atoms with Gasteiger partial charge in [0.25, 0.3) is 0 Å². The van der Waals surface area contributed by atoms with E-state index in [2.05, 4.69) is 4.98 Å². The molecule has 3 heteroatoms. The highest BCUT2D eigenvalue weighted by atomic mass is 19.1. The number of alkyl halides is 1. The first-order valence-electron chi connectivity index (χ1n) is 4.50. The molecule has 14 heavy (non-hydrogen) atoms. The molecule has 1 aromatic heterocycles. The molecule has 0 saturated carbocycles. The maximum absolute atomic E-state index is 12.4. The molecule has 0 aliphatic carbocycles. The van der Waals surface area contributed by atoms with Gasteiger partial charge < -0.3 is 4.57 Å². The molecule has 2 aromatic rings. The lowest BCUT2D eigenvalue weighted by molar-refractivity contribution is 0.451. The van der Waals surface area contributed by atoms with Crippen LogP contribution in [-0.4, -0.2) is 9.55 Å². The van der Waals surface area contributed by atoms with E-state index in [0.717, 1.165) is 5.56 Å². The molecule has 0 amide bonds. The first kappa shape index (κ1) is 8.94. The van der Waals surface area contributed by atoms with Crippen molar-refractivity contribution in [3.8, 4) is 0 Å². The van der Waals surface area contributed by atoms with Crippen LogP contribution in [0.25, 0.3) is 0 Å². The highest BCUT2D eigenvalue weighted by Crippen LogP contribution is 2.05. The summed E-state index contributed by atoms with van der Waals surface area (Å²) >= 11 is 0. The Morgan fingerprint density at radius 3 is 2.71 bits per heavy atom. The van der Waals surface area contributed by atoms with Gasteiger partial charge in [-0.05, 0) is 5.56 Å². The summed E-state index contributed by atoms with van der Waals surface area (Å²) in [6.45, 7) is 0.167. The summed E-state index contributed by atoms with van der Waals surface area (Å²) < 4.78 is 14.3. The van der Waals surface area contributed by atoms with Crippen molar-refractivity contribution < 1.29 is 4.39 Å². The third-order valence-corrected chi connectivity index (χ3v) is 2.12. The van der Waals surface area contributed by atoms with E-state index in [-0.39, 0.29) is 0 Å². The zero-order chi connectivity index (χ0) is 9.80. The van der Waals surface area contributed by atoms with Crippen LogP contribution in [-0.2, 0) is 13.2 Å². The van der Waals surface area contributed by atoms with Crippen LogP contribution in [0, 0.1) is 0 Å². The summed E-state index contributed by atoms with van der Waals surface area (Å²) in [7, 11) is 0. The molecule has 0 aliphatic rings. The van der Waals surface area contributed by atoms with Gasteiger partial charge in [0.15, 0.2) is 0 Å². The molecule has 2 rings (SSSR count). The lowest BCUT2D eigenvalue weighted by Crippen LogP contribution is -2.02. The van der Waals surface area contributed by atoms with Gasteiger partial charge in [-0.3, -0.25) is 0 Å². The van der Waals surface area contributed by atoms with Gasteiger partial charge in [-0.2, -0.15) is 0 Å². The topological polar surface area (TPSA) is 17.8 Å². The van der Waals surface area contributed by atoms with Gasteiger partial charge in [0, 0.05) is 18.9 Å². The third kappa shape index (κ3) is 1.82. The van der Waals surface area contributed by atoms with Crippen LogP contribution in [0.5, 0.6) is 0 Å². The molecule has 0 bridgehead atoms. The Morgan fingerprint density at radius 2 is 2.00 bits per heavy atom. The molecule has 0 unspecified atom stereocenters. The van der Waals surface area contributed by atoms with E-state index in [0.29, 0.717) is 12.4 Å². The van der Waals surface area contributed by atoms with Crippen LogP contribution in [0.2, 0.25) is 0 Å². The number of hydrogen-bond donors (Lipinski definition) is 0. The number of hydrogen-bond acceptors (Lipinski definition) is 1. The van der Waals surface area contributed by atoms with Crippen LogP contribution in [0.4, 0.5) is 4.39 Å². The predicted octanol–water partition coefficient (Wildman–Crippen LogP) is 2.40. The van der Waals surface area contributed by atoms with Crippen LogP contribution in [0.15, 0.2) is 42.7 Å². The smallest absolute Gasteiger partial charge is 0.147 e. The quantitative estimate of drug-likeness (QED) is 0.726. The SMILES string of the molecule is FCc1nccn1Cc1ccccc1. The summed E-state index contributed by atoms with van der Waals surface area (Å²) in [6.07, 6.45) is 3.42. The minimum absolute atomic E-state index is 0.480. The van der Waals surface area contributed by atoms with Crippen molar-refractivity contribution >= 4 is 0 Å². The van der Waals surface area contributed by atoms with Crippen molar-refractivity contribution in [2.45, 2.75) is 13.2 Å². The lowest BCUT2D eigenvalue weighted by Gasteiger charge is -2.04. The van der Waals surface area contributed by atoms with Crippen molar-refractivity contribution in [1.29, 1.82) is 0 Å². The molecule has 1 aromatic carbocycles. The summed E-state index contributed by atoms with van der Waals surface area (Å²) in [4.78, 5) is 3.92. The highest BCUT2D eigenvalue weighted by molar-refractivity contribution is 5.15. The molecule has 0 fully saturated rings. The van der Waals surface area contributed by atoms with E-state index in [1.807, 2.05) is 34.9 Å². The minimum atomic E-state index is -0.514. The van der Waals surface area contributed by atoms with Crippen molar-refractivity contribution in [3.05, 3.63) is 54.1 Å². The van der Waals surface area contributed by atoms with Crippen molar-refractivity contribution in [3.63, 3.8) is 0 Å². The maximum Gasteiger partial charge on any atom is 0.147 e. The first-order valence-corrected chi connectivity index (χ1v) is 4.50. The Kier molecular flexibility index (Phi) is 2.58. The van der Waals surface area contributed by atoms with Crippen LogP contribution in [0.3, 0.4) is 0 Å². The van der Waals surface area contributed by atoms with Crippen LogP contribution in [0.1, 0.15) is 11.4 Å². The van der Waals surface area contributed by atoms with Crippen LogP contribution >= 0.6 is 0 Å². The summed E-state index contributed by atoms with van der Waals surface area (Å²) in [5.74, 6) is 0.480. The fraction of sp³-hybridized carbons (Fsp3) is 0.182. The number of aromatic nitrogens is 2. The van der Waals surface area contributed by atoms with Crippen molar-refractivity contribution in [1.82, 2.24) is 9.55 Å². The van der Waals surface area contributed by atoms with Gasteiger partial charge in [-0.1, -0.05) is 30.3 Å². The lowest BCUT2D eigenvalue weighted by atomic mass is 10.2. The number of halogens is 1. The molecule has 0 radical (unpaired) electrons. The Balaban J connectivity index is 2.19. The molecule has 1 heterocycles. The van der Waals surface area contributed by atoms with Gasteiger partial charge >= 0.3 is 0 Å². The monoisotopic (exact) mass is 190 g/mol. The number of benzene rings is 1. The molecule has 0 N–H and O–H groups in total. The van der Waals surface area contributed by atoms with Gasteiger partial charge in [-0.15, -0.1) is 0 Å². The predicted molar refractivity (Wildman–Crippen MR) is 52.6 cm³/mol. The number of rotatable bonds is 3. The first-order chi connectivity index (χ1) is 6.90. The normalized spacial score (nSPS) is 10.4. The van der Waals surface area contributed by atoms with Gasteiger partial charge in [0.1, 0.15) is 12.5 Å². The molecule has 72 valence electrons. The van der Waals surface area contributed by atoms with E-state index >= 15 is 0 Å². The standard InChI is InChI=1S/C11H11FN2/c12-8-11-13-6-7-14(11)9-10-4-2-1-3-5-10/h1-7H,8-9H2. The molecule has 0 spiro atoms. The molecule has 0 saturated heterocycles. The zero-order valence-corrected chi connectivity index (χ0v) is 7.73. The second-order valence-corrected chi connectivity index (χ2v) is 3.09. The van der Waals surface area contributed by atoms with Gasteiger partial charge in [0.05, 0.1) is 0 Å². The summed E-state index contributed by atoms with van der Waals surface area (Å²) in [5.41, 5.74) is 1.15. The Bertz CT molecular complexity index is 395. The second-order valence-electron chi connectivity index (χ2n) is 3.09. The van der Waals surface area contributed by atoms with Crippen LogP contribution < -0.4 is 0 Å². The highest BCUT2D eigenvalue weighted by Gasteiger charge is 2.01. The number of nitrogens with zero attached hydrogens (tertiary/aromatic N) is 2. The van der Waals surface area contributed by atoms with E-state index < -0.39 is 6.67 Å². The van der Waals surface area contributed by atoms with Gasteiger partial charge in [0.2, 0.25) is 0 Å². The Hall–Kier alpha value is -1.64. The molecule has 2 nitrogen and oxygen atoms in total. The fourth-order valence-corrected chi connectivity index (χ4v) is 1.40. The molecular formula is C11H11FN2. The molecule has 0 aliphatic heterocycles. The zero-order valence-electron chi connectivity index (χ0n) is 7.73. The van der Waals surface area contributed by atoms with E-state index in [1.54, 1.807) is 12.4 Å². The average molecular weight is 190 g/mol. The average Bonchev–Trinajstić information content (AvgIpc) is 2.67. The van der Waals surface area contributed by atoms with Gasteiger partial charge in [-0.25, -0.2) is 9.37 Å². The summed E-state index contributed by atoms with van der Waals surface area (Å²) in [5, 5.41) is 0. The van der Waals surface area contributed by atoms with E-state index in [1.165, 1.54) is 0 Å². The fourth-order valence-electron chi connectivity index (χ4n) is 1.40. The largest absolute Gasteiger partial charge is 0.328 e. The van der Waals surface area contributed by atoms with E-state index in [9.17, 15) is 4.39 Å². The number of imidazole rings is 1. The Labute approximate surface area is 82.0 Å². The Morgan fingerprint density at radius 1 is 1.21 bits per heavy atom. The maximum atomic E-state index is 12.4. The van der Waals surface area contributed by atoms with E-state index in [4.69, 9.17) is 0 Å². The minimum Gasteiger partial charge on any atom is -0.328 e. The second kappa shape index (κ2) is 4.05. The van der Waals surface area contributed by atoms with Crippen molar-refractivity contribution in [2.24, 2.45) is 0 Å².